The Morgan fingerprint density at radius 3 is 2.60 bits per heavy atom. The van der Waals surface area contributed by atoms with Crippen LogP contribution in [0, 0.1) is 11.3 Å². The predicted octanol–water partition coefficient (Wildman–Crippen LogP) is 1.81. The van der Waals surface area contributed by atoms with E-state index in [0.29, 0.717) is 11.1 Å². The Bertz CT molecular complexity index is 641. The molecule has 0 radical (unpaired) electrons. The number of carbonyl (C=O) groups is 1. The molecule has 0 saturated carbocycles. The molecule has 0 aliphatic heterocycles. The molecule has 0 spiro atoms. The number of ether oxygens (including phenoxy) is 1. The van der Waals surface area contributed by atoms with Crippen molar-refractivity contribution in [3.63, 3.8) is 0 Å². The molecule has 1 aromatic rings. The van der Waals surface area contributed by atoms with Gasteiger partial charge in [0.15, 0.2) is 14.6 Å². The smallest absolute Gasteiger partial charge is 0.326 e. The summed E-state index contributed by atoms with van der Waals surface area (Å²) in [6.45, 7) is 4.40. The summed E-state index contributed by atoms with van der Waals surface area (Å²) in [6, 6.07) is 8.26. The van der Waals surface area contributed by atoms with E-state index in [1.165, 1.54) is 19.9 Å². The second-order valence-corrected chi connectivity index (χ2v) is 7.34. The van der Waals surface area contributed by atoms with E-state index in [0.717, 1.165) is 0 Å². The molecule has 1 rings (SSSR count). The van der Waals surface area contributed by atoms with Crippen LogP contribution in [-0.2, 0) is 25.1 Å². The van der Waals surface area contributed by atoms with Crippen LogP contribution in [0.3, 0.4) is 0 Å². The van der Waals surface area contributed by atoms with E-state index in [1.54, 1.807) is 25.1 Å². The van der Waals surface area contributed by atoms with Crippen molar-refractivity contribution < 1.29 is 17.9 Å². The van der Waals surface area contributed by atoms with Gasteiger partial charge in [0, 0.05) is 0 Å². The highest BCUT2D eigenvalue weighted by molar-refractivity contribution is 7.92. The minimum atomic E-state index is -3.74. The van der Waals surface area contributed by atoms with Crippen molar-refractivity contribution in [1.82, 2.24) is 0 Å². The molecule has 1 aromatic carbocycles. The van der Waals surface area contributed by atoms with Gasteiger partial charge in [-0.15, -0.1) is 0 Å². The van der Waals surface area contributed by atoms with Crippen molar-refractivity contribution in [3.8, 4) is 6.07 Å². The Kier molecular flexibility index (Phi) is 4.90. The Labute approximate surface area is 119 Å². The van der Waals surface area contributed by atoms with Crippen LogP contribution in [0.1, 0.15) is 31.9 Å². The molecule has 0 unspecified atom stereocenters. The molecule has 0 saturated heterocycles. The summed E-state index contributed by atoms with van der Waals surface area (Å²) in [7, 11) is -3.74. The summed E-state index contributed by atoms with van der Waals surface area (Å²) < 4.78 is 27.9. The van der Waals surface area contributed by atoms with Crippen molar-refractivity contribution in [2.24, 2.45) is 0 Å². The highest BCUT2D eigenvalue weighted by Crippen LogP contribution is 2.23. The molecule has 0 amide bonds. The summed E-state index contributed by atoms with van der Waals surface area (Å²) in [5.74, 6) is -1.08. The van der Waals surface area contributed by atoms with Crippen LogP contribution in [0.15, 0.2) is 24.3 Å². The molecule has 20 heavy (non-hydrogen) atoms. The second kappa shape index (κ2) is 6.06. The van der Waals surface area contributed by atoms with Gasteiger partial charge in [-0.3, -0.25) is 4.79 Å². The molecule has 108 valence electrons. The summed E-state index contributed by atoms with van der Waals surface area (Å²) in [5, 5.41) is 8.80. The Hall–Kier alpha value is -1.87. The maximum absolute atomic E-state index is 12.4. The van der Waals surface area contributed by atoms with Crippen molar-refractivity contribution in [3.05, 3.63) is 35.4 Å². The molecule has 0 bridgehead atoms. The first-order chi connectivity index (χ1) is 9.24. The zero-order valence-corrected chi connectivity index (χ0v) is 12.5. The lowest BCUT2D eigenvalue weighted by Gasteiger charge is -2.22. The first-order valence-electron chi connectivity index (χ1n) is 6.13. The number of benzene rings is 1. The van der Waals surface area contributed by atoms with E-state index in [2.05, 4.69) is 0 Å². The number of nitriles is 1. The quantitative estimate of drug-likeness (QED) is 0.773. The summed E-state index contributed by atoms with van der Waals surface area (Å²) in [4.78, 5) is 11.8. The molecular weight excluding hydrogens is 278 g/mol. The Balaban J connectivity index is 3.05. The minimum Gasteiger partial charge on any atom is -0.465 e. The molecule has 6 heteroatoms. The van der Waals surface area contributed by atoms with Crippen LogP contribution in [0.2, 0.25) is 0 Å². The fraction of sp³-hybridized carbons (Fsp3) is 0.429. The summed E-state index contributed by atoms with van der Waals surface area (Å²) >= 11 is 0. The van der Waals surface area contributed by atoms with Crippen molar-refractivity contribution >= 4 is 15.8 Å². The van der Waals surface area contributed by atoms with E-state index in [9.17, 15) is 13.2 Å². The largest absolute Gasteiger partial charge is 0.465 e. The van der Waals surface area contributed by atoms with Crippen LogP contribution in [-0.4, -0.2) is 25.7 Å². The summed E-state index contributed by atoms with van der Waals surface area (Å²) in [6.07, 6.45) is 0. The van der Waals surface area contributed by atoms with Gasteiger partial charge in [0.05, 0.1) is 24.0 Å². The molecule has 0 heterocycles. The third kappa shape index (κ3) is 3.36. The molecule has 0 aliphatic rings. The van der Waals surface area contributed by atoms with Crippen molar-refractivity contribution in [2.75, 3.05) is 6.61 Å². The van der Waals surface area contributed by atoms with Crippen LogP contribution < -0.4 is 0 Å². The van der Waals surface area contributed by atoms with E-state index in [-0.39, 0.29) is 12.4 Å². The number of carbonyl (C=O) groups excluding carboxylic acids is 1. The molecule has 0 fully saturated rings. The summed E-state index contributed by atoms with van der Waals surface area (Å²) in [5.41, 5.74) is 0.855. The van der Waals surface area contributed by atoms with Gasteiger partial charge in [-0.1, -0.05) is 12.1 Å². The third-order valence-electron chi connectivity index (χ3n) is 2.96. The highest BCUT2D eigenvalue weighted by atomic mass is 32.2. The zero-order chi connectivity index (χ0) is 15.4. The van der Waals surface area contributed by atoms with Gasteiger partial charge in [-0.25, -0.2) is 8.42 Å². The Morgan fingerprint density at radius 2 is 2.05 bits per heavy atom. The SMILES string of the molecule is CCOC(=O)C(C)(C)S(=O)(=O)Cc1cccc(C#N)c1. The van der Waals surface area contributed by atoms with Gasteiger partial charge in [0.2, 0.25) is 0 Å². The molecule has 0 N–H and O–H groups in total. The topological polar surface area (TPSA) is 84.2 Å². The van der Waals surface area contributed by atoms with Gasteiger partial charge in [0.25, 0.3) is 0 Å². The number of hydrogen-bond acceptors (Lipinski definition) is 5. The van der Waals surface area contributed by atoms with Crippen LogP contribution in [0.4, 0.5) is 0 Å². The fourth-order valence-electron chi connectivity index (χ4n) is 1.56. The Morgan fingerprint density at radius 1 is 1.40 bits per heavy atom. The second-order valence-electron chi connectivity index (χ2n) is 4.80. The predicted molar refractivity (Wildman–Crippen MR) is 74.5 cm³/mol. The third-order valence-corrected chi connectivity index (χ3v) is 5.39. The zero-order valence-electron chi connectivity index (χ0n) is 11.7. The van der Waals surface area contributed by atoms with E-state index >= 15 is 0 Å². The minimum absolute atomic E-state index is 0.127. The lowest BCUT2D eigenvalue weighted by molar-refractivity contribution is -0.145. The molecule has 0 aromatic heterocycles. The van der Waals surface area contributed by atoms with Crippen molar-refractivity contribution in [2.45, 2.75) is 31.3 Å². The first kappa shape index (κ1) is 16.2. The maximum Gasteiger partial charge on any atom is 0.326 e. The van der Waals surface area contributed by atoms with Gasteiger partial charge in [0.1, 0.15) is 0 Å². The van der Waals surface area contributed by atoms with Crippen LogP contribution in [0.5, 0.6) is 0 Å². The number of nitrogens with zero attached hydrogens (tertiary/aromatic N) is 1. The van der Waals surface area contributed by atoms with Gasteiger partial charge >= 0.3 is 5.97 Å². The van der Waals surface area contributed by atoms with E-state index < -0.39 is 20.6 Å². The van der Waals surface area contributed by atoms with E-state index in [4.69, 9.17) is 10.00 Å². The average Bonchev–Trinajstić information content (AvgIpc) is 2.38. The average molecular weight is 295 g/mol. The number of rotatable bonds is 5. The number of sulfone groups is 1. The molecule has 0 atom stereocenters. The van der Waals surface area contributed by atoms with Gasteiger partial charge < -0.3 is 4.74 Å². The molecular formula is C14H17NO4S. The lowest BCUT2D eigenvalue weighted by Crippen LogP contribution is -2.42. The first-order valence-corrected chi connectivity index (χ1v) is 7.78. The number of esters is 1. The monoisotopic (exact) mass is 295 g/mol. The number of hydrogen-bond donors (Lipinski definition) is 0. The maximum atomic E-state index is 12.4. The van der Waals surface area contributed by atoms with E-state index in [1.807, 2.05) is 6.07 Å². The van der Waals surface area contributed by atoms with Gasteiger partial charge in [-0.05, 0) is 38.5 Å². The molecule has 5 nitrogen and oxygen atoms in total. The standard InChI is InChI=1S/C14H17NO4S/c1-4-19-13(16)14(2,3)20(17,18)10-12-7-5-6-11(8-12)9-15/h5-8H,4,10H2,1-3H3. The fourth-order valence-corrected chi connectivity index (χ4v) is 2.85. The van der Waals surface area contributed by atoms with Crippen molar-refractivity contribution in [1.29, 1.82) is 5.26 Å². The highest BCUT2D eigenvalue weighted by Gasteiger charge is 2.42. The van der Waals surface area contributed by atoms with Crippen LogP contribution in [0.25, 0.3) is 0 Å². The van der Waals surface area contributed by atoms with Gasteiger partial charge in [-0.2, -0.15) is 5.26 Å². The molecule has 0 aliphatic carbocycles. The lowest BCUT2D eigenvalue weighted by atomic mass is 10.2. The normalized spacial score (nSPS) is 11.7. The van der Waals surface area contributed by atoms with Crippen LogP contribution >= 0.6 is 0 Å².